The summed E-state index contributed by atoms with van der Waals surface area (Å²) in [5.41, 5.74) is 0.866. The van der Waals surface area contributed by atoms with Gasteiger partial charge in [0.15, 0.2) is 0 Å². The molecule has 1 aliphatic heterocycles. The van der Waals surface area contributed by atoms with Crippen LogP contribution < -0.4 is 0 Å². The molecule has 0 radical (unpaired) electrons. The van der Waals surface area contributed by atoms with Crippen molar-refractivity contribution in [3.05, 3.63) is 35.6 Å². The monoisotopic (exact) mass is 315 g/mol. The highest BCUT2D eigenvalue weighted by Crippen LogP contribution is 2.23. The number of ether oxygens (including phenoxy) is 1. The van der Waals surface area contributed by atoms with E-state index in [1.54, 1.807) is 12.1 Å². The second-order valence-corrected chi connectivity index (χ2v) is 6.10. The first kappa shape index (κ1) is 14.0. The molecule has 1 fully saturated rings. The molecule has 0 aliphatic carbocycles. The van der Waals surface area contributed by atoms with Gasteiger partial charge in [0.2, 0.25) is 0 Å². The lowest BCUT2D eigenvalue weighted by Crippen LogP contribution is -2.52. The van der Waals surface area contributed by atoms with Gasteiger partial charge in [0.25, 0.3) is 0 Å². The van der Waals surface area contributed by atoms with Gasteiger partial charge in [-0.3, -0.25) is 4.90 Å². The fourth-order valence-corrected chi connectivity index (χ4v) is 2.85. The standard InChI is InChI=1S/C14H19BrFNO/c1-14(2)10-17(9-13(7-15)18-14)8-11-4-3-5-12(16)6-11/h3-6,13H,7-10H2,1-2H3. The molecule has 0 saturated carbocycles. The minimum absolute atomic E-state index is 0.149. The van der Waals surface area contributed by atoms with Crippen molar-refractivity contribution in [2.24, 2.45) is 0 Å². The van der Waals surface area contributed by atoms with E-state index in [0.29, 0.717) is 0 Å². The lowest BCUT2D eigenvalue weighted by atomic mass is 10.0. The minimum Gasteiger partial charge on any atom is -0.369 e. The lowest BCUT2D eigenvalue weighted by Gasteiger charge is -2.42. The quantitative estimate of drug-likeness (QED) is 0.794. The average Bonchev–Trinajstić information content (AvgIpc) is 2.26. The molecule has 18 heavy (non-hydrogen) atoms. The van der Waals surface area contributed by atoms with E-state index in [9.17, 15) is 4.39 Å². The number of hydrogen-bond donors (Lipinski definition) is 0. The third kappa shape index (κ3) is 3.77. The molecule has 0 amide bonds. The fourth-order valence-electron chi connectivity index (χ4n) is 2.51. The summed E-state index contributed by atoms with van der Waals surface area (Å²) < 4.78 is 19.1. The predicted octanol–water partition coefficient (Wildman–Crippen LogP) is 3.20. The molecule has 2 nitrogen and oxygen atoms in total. The van der Waals surface area contributed by atoms with Crippen molar-refractivity contribution < 1.29 is 9.13 Å². The smallest absolute Gasteiger partial charge is 0.123 e. The van der Waals surface area contributed by atoms with E-state index in [1.807, 2.05) is 6.07 Å². The van der Waals surface area contributed by atoms with Gasteiger partial charge in [-0.1, -0.05) is 28.1 Å². The van der Waals surface area contributed by atoms with Gasteiger partial charge in [0, 0.05) is 25.0 Å². The van der Waals surface area contributed by atoms with Crippen molar-refractivity contribution in [2.45, 2.75) is 32.1 Å². The highest BCUT2D eigenvalue weighted by atomic mass is 79.9. The number of nitrogens with zero attached hydrogens (tertiary/aromatic N) is 1. The van der Waals surface area contributed by atoms with E-state index >= 15 is 0 Å². The zero-order valence-electron chi connectivity index (χ0n) is 10.8. The third-order valence-electron chi connectivity index (χ3n) is 3.02. The van der Waals surface area contributed by atoms with Crippen LogP contribution in [0.2, 0.25) is 0 Å². The van der Waals surface area contributed by atoms with Gasteiger partial charge in [-0.05, 0) is 31.5 Å². The Kier molecular flexibility index (Phi) is 4.41. The Bertz CT molecular complexity index is 411. The zero-order chi connectivity index (χ0) is 13.2. The lowest BCUT2D eigenvalue weighted by molar-refractivity contribution is -0.128. The second kappa shape index (κ2) is 5.68. The summed E-state index contributed by atoms with van der Waals surface area (Å²) >= 11 is 3.48. The zero-order valence-corrected chi connectivity index (χ0v) is 12.4. The molecule has 1 aliphatic rings. The summed E-state index contributed by atoms with van der Waals surface area (Å²) in [5, 5.41) is 0.829. The average molecular weight is 316 g/mol. The Morgan fingerprint density at radius 1 is 1.50 bits per heavy atom. The van der Waals surface area contributed by atoms with Crippen LogP contribution in [0.25, 0.3) is 0 Å². The number of rotatable bonds is 3. The maximum absolute atomic E-state index is 13.2. The Morgan fingerprint density at radius 3 is 2.94 bits per heavy atom. The molecular formula is C14H19BrFNO. The number of morpholine rings is 1. The van der Waals surface area contributed by atoms with Crippen LogP contribution in [0.4, 0.5) is 4.39 Å². The Morgan fingerprint density at radius 2 is 2.28 bits per heavy atom. The summed E-state index contributed by atoms with van der Waals surface area (Å²) in [6.45, 7) is 6.72. The van der Waals surface area contributed by atoms with Crippen molar-refractivity contribution in [2.75, 3.05) is 18.4 Å². The van der Waals surface area contributed by atoms with Gasteiger partial charge in [-0.25, -0.2) is 4.39 Å². The minimum atomic E-state index is -0.169. The van der Waals surface area contributed by atoms with Crippen LogP contribution in [-0.2, 0) is 11.3 Å². The van der Waals surface area contributed by atoms with Gasteiger partial charge < -0.3 is 4.74 Å². The number of alkyl halides is 1. The first-order chi connectivity index (χ1) is 8.48. The van der Waals surface area contributed by atoms with E-state index in [4.69, 9.17) is 4.74 Å². The van der Waals surface area contributed by atoms with Crippen molar-refractivity contribution in [3.8, 4) is 0 Å². The van der Waals surface area contributed by atoms with Crippen molar-refractivity contribution in [1.29, 1.82) is 0 Å². The molecule has 1 unspecified atom stereocenters. The van der Waals surface area contributed by atoms with E-state index in [0.717, 1.165) is 30.5 Å². The van der Waals surface area contributed by atoms with E-state index in [1.165, 1.54) is 6.07 Å². The molecule has 0 N–H and O–H groups in total. The molecular weight excluding hydrogens is 297 g/mol. The van der Waals surface area contributed by atoms with E-state index in [-0.39, 0.29) is 17.5 Å². The Hall–Kier alpha value is -0.450. The molecule has 1 atom stereocenters. The van der Waals surface area contributed by atoms with Gasteiger partial charge in [0.1, 0.15) is 5.82 Å². The topological polar surface area (TPSA) is 12.5 Å². The molecule has 2 rings (SSSR count). The number of halogens is 2. The molecule has 0 spiro atoms. The van der Waals surface area contributed by atoms with Crippen LogP contribution in [0, 0.1) is 5.82 Å². The Balaban J connectivity index is 2.04. The predicted molar refractivity (Wildman–Crippen MR) is 74.4 cm³/mol. The van der Waals surface area contributed by atoms with Gasteiger partial charge in [-0.2, -0.15) is 0 Å². The van der Waals surface area contributed by atoms with Crippen LogP contribution in [0.3, 0.4) is 0 Å². The maximum Gasteiger partial charge on any atom is 0.123 e. The summed E-state index contributed by atoms with van der Waals surface area (Å²) in [5.74, 6) is -0.169. The SMILES string of the molecule is CC1(C)CN(Cc2cccc(F)c2)CC(CBr)O1. The van der Waals surface area contributed by atoms with Crippen LogP contribution in [-0.4, -0.2) is 35.0 Å². The molecule has 100 valence electrons. The molecule has 1 aromatic carbocycles. The van der Waals surface area contributed by atoms with E-state index < -0.39 is 0 Å². The fraction of sp³-hybridized carbons (Fsp3) is 0.571. The van der Waals surface area contributed by atoms with Crippen molar-refractivity contribution >= 4 is 15.9 Å². The first-order valence-electron chi connectivity index (χ1n) is 6.19. The summed E-state index contributed by atoms with van der Waals surface area (Å²) in [4.78, 5) is 2.32. The highest BCUT2D eigenvalue weighted by Gasteiger charge is 2.32. The molecule has 1 saturated heterocycles. The van der Waals surface area contributed by atoms with Crippen LogP contribution in [0.1, 0.15) is 19.4 Å². The Labute approximate surface area is 116 Å². The van der Waals surface area contributed by atoms with Crippen LogP contribution >= 0.6 is 15.9 Å². The third-order valence-corrected chi connectivity index (χ3v) is 3.74. The van der Waals surface area contributed by atoms with Gasteiger partial charge in [0.05, 0.1) is 11.7 Å². The van der Waals surface area contributed by atoms with Gasteiger partial charge in [-0.15, -0.1) is 0 Å². The summed E-state index contributed by atoms with van der Waals surface area (Å²) in [6.07, 6.45) is 0.197. The number of benzene rings is 1. The first-order valence-corrected chi connectivity index (χ1v) is 7.31. The van der Waals surface area contributed by atoms with Crippen molar-refractivity contribution in [1.82, 2.24) is 4.90 Å². The number of hydrogen-bond acceptors (Lipinski definition) is 2. The molecule has 4 heteroatoms. The highest BCUT2D eigenvalue weighted by molar-refractivity contribution is 9.09. The van der Waals surface area contributed by atoms with Crippen LogP contribution in [0.5, 0.6) is 0 Å². The van der Waals surface area contributed by atoms with Crippen molar-refractivity contribution in [3.63, 3.8) is 0 Å². The molecule has 1 aromatic rings. The normalized spacial score (nSPS) is 24.1. The molecule has 0 aromatic heterocycles. The largest absolute Gasteiger partial charge is 0.369 e. The van der Waals surface area contributed by atoms with Gasteiger partial charge >= 0.3 is 0 Å². The van der Waals surface area contributed by atoms with E-state index in [2.05, 4.69) is 34.7 Å². The molecule has 1 heterocycles. The molecule has 0 bridgehead atoms. The summed E-state index contributed by atoms with van der Waals surface area (Å²) in [7, 11) is 0. The maximum atomic E-state index is 13.2. The van der Waals surface area contributed by atoms with Crippen LogP contribution in [0.15, 0.2) is 24.3 Å². The second-order valence-electron chi connectivity index (χ2n) is 5.45. The summed E-state index contributed by atoms with van der Waals surface area (Å²) in [6, 6.07) is 6.81.